The summed E-state index contributed by atoms with van der Waals surface area (Å²) in [5, 5.41) is 25.9. The standard InChI is InChI=1S/C44H58N8O7/c45-19-23-59-24-21-48-41(56)36-17-20-47-38(53)15-16-40(55)52-22-6-18-44(30-52,27-32-7-2-1-3-8-32)43(58)51-37(25-31-11-13-33(28-46)14-12-31)42(57)49-29-35-10-5-4-9-34(35)26-39(54)50-36/h1-5,7-16,36-37,39,50,54H,6,17-30,45-46H2,(H,47,53)(H,48,56)(H,49,57)(H,51,58)/b16-15+/t36-,37-,39?,44-/m0/s1. The molecule has 2 heterocycles. The van der Waals surface area contributed by atoms with E-state index >= 15 is 0 Å². The highest BCUT2D eigenvalue weighted by Crippen LogP contribution is 2.35. The minimum Gasteiger partial charge on any atom is -0.378 e. The molecule has 2 aliphatic rings. The molecule has 1 saturated heterocycles. The highest BCUT2D eigenvalue weighted by Gasteiger charge is 2.44. The van der Waals surface area contributed by atoms with E-state index in [1.165, 1.54) is 6.08 Å². The van der Waals surface area contributed by atoms with Gasteiger partial charge in [-0.05, 0) is 53.5 Å². The fourth-order valence-corrected chi connectivity index (χ4v) is 7.51. The summed E-state index contributed by atoms with van der Waals surface area (Å²) in [6, 6.07) is 22.6. The topological polar surface area (TPSA) is 230 Å². The number of ether oxygens (including phenoxy) is 1. The molecule has 10 N–H and O–H groups in total. The molecule has 15 nitrogen and oxygen atoms in total. The van der Waals surface area contributed by atoms with Crippen molar-refractivity contribution in [2.24, 2.45) is 16.9 Å². The number of piperidine rings is 1. The summed E-state index contributed by atoms with van der Waals surface area (Å²) in [4.78, 5) is 70.3. The Morgan fingerprint density at radius 2 is 1.61 bits per heavy atom. The maximum Gasteiger partial charge on any atom is 0.246 e. The number of amides is 5. The van der Waals surface area contributed by atoms with Crippen LogP contribution in [0.25, 0.3) is 0 Å². The number of carbonyl (C=O) groups is 5. The first-order chi connectivity index (χ1) is 28.6. The minimum atomic E-state index is -1.18. The van der Waals surface area contributed by atoms with Gasteiger partial charge in [-0.25, -0.2) is 0 Å². The lowest BCUT2D eigenvalue weighted by atomic mass is 9.74. The summed E-state index contributed by atoms with van der Waals surface area (Å²) in [6.07, 6.45) is 2.88. The molecule has 0 aliphatic carbocycles. The van der Waals surface area contributed by atoms with Crippen LogP contribution in [0.15, 0.2) is 91.0 Å². The van der Waals surface area contributed by atoms with E-state index in [2.05, 4.69) is 26.6 Å². The quantitative estimate of drug-likeness (QED) is 0.124. The molecular weight excluding hydrogens is 753 g/mol. The van der Waals surface area contributed by atoms with Crippen LogP contribution in [0.5, 0.6) is 0 Å². The lowest BCUT2D eigenvalue weighted by Gasteiger charge is -2.42. The van der Waals surface area contributed by atoms with E-state index < -0.39 is 47.4 Å². The van der Waals surface area contributed by atoms with Gasteiger partial charge in [0.1, 0.15) is 12.3 Å². The number of aliphatic hydroxyl groups excluding tert-OH is 1. The van der Waals surface area contributed by atoms with Crippen molar-refractivity contribution < 1.29 is 33.8 Å². The second-order valence-corrected chi connectivity index (χ2v) is 15.1. The summed E-state index contributed by atoms with van der Waals surface area (Å²) >= 11 is 0. The molecule has 2 bridgehead atoms. The molecule has 5 rings (SSSR count). The Morgan fingerprint density at radius 1 is 0.881 bits per heavy atom. The van der Waals surface area contributed by atoms with Crippen molar-refractivity contribution in [2.45, 2.75) is 69.9 Å². The molecule has 2 aliphatic heterocycles. The molecule has 0 aromatic heterocycles. The molecule has 3 aromatic carbocycles. The normalized spacial score (nSPS) is 23.0. The van der Waals surface area contributed by atoms with Crippen LogP contribution < -0.4 is 38.1 Å². The molecular formula is C44H58N8O7. The third-order valence-corrected chi connectivity index (χ3v) is 10.7. The van der Waals surface area contributed by atoms with Crippen LogP contribution in [0.4, 0.5) is 0 Å². The highest BCUT2D eigenvalue weighted by molar-refractivity contribution is 5.97. The van der Waals surface area contributed by atoms with Crippen LogP contribution in [0.3, 0.4) is 0 Å². The Kier molecular flexibility index (Phi) is 17.1. The number of nitrogens with one attached hydrogen (secondary N) is 5. The van der Waals surface area contributed by atoms with E-state index in [1.54, 1.807) is 4.90 Å². The van der Waals surface area contributed by atoms with E-state index in [9.17, 15) is 29.1 Å². The minimum absolute atomic E-state index is 0.0594. The fourth-order valence-electron chi connectivity index (χ4n) is 7.51. The van der Waals surface area contributed by atoms with Crippen LogP contribution in [0.2, 0.25) is 0 Å². The summed E-state index contributed by atoms with van der Waals surface area (Å²) in [7, 11) is 0. The number of benzene rings is 3. The summed E-state index contributed by atoms with van der Waals surface area (Å²) in [5.41, 5.74) is 14.4. The number of aliphatic hydroxyl groups is 1. The maximum absolute atomic E-state index is 14.7. The second-order valence-electron chi connectivity index (χ2n) is 15.1. The summed E-state index contributed by atoms with van der Waals surface area (Å²) in [6.45, 7) is 2.15. The van der Waals surface area contributed by atoms with Crippen molar-refractivity contribution in [2.75, 3.05) is 45.9 Å². The van der Waals surface area contributed by atoms with E-state index in [4.69, 9.17) is 16.2 Å². The predicted molar refractivity (Wildman–Crippen MR) is 223 cm³/mol. The molecule has 4 atom stereocenters. The van der Waals surface area contributed by atoms with E-state index in [0.717, 1.165) is 33.9 Å². The van der Waals surface area contributed by atoms with Crippen molar-refractivity contribution in [3.8, 4) is 0 Å². The monoisotopic (exact) mass is 810 g/mol. The first-order valence-corrected chi connectivity index (χ1v) is 20.3. The zero-order valence-corrected chi connectivity index (χ0v) is 33.5. The molecule has 0 saturated carbocycles. The van der Waals surface area contributed by atoms with Crippen molar-refractivity contribution >= 4 is 29.5 Å². The van der Waals surface area contributed by atoms with Crippen LogP contribution in [0.1, 0.15) is 47.1 Å². The van der Waals surface area contributed by atoms with Gasteiger partial charge in [0.05, 0.1) is 24.7 Å². The average molecular weight is 811 g/mol. The first kappa shape index (κ1) is 44.6. The zero-order valence-electron chi connectivity index (χ0n) is 33.5. The van der Waals surface area contributed by atoms with Crippen LogP contribution in [0, 0.1) is 5.41 Å². The van der Waals surface area contributed by atoms with Crippen molar-refractivity contribution in [1.82, 2.24) is 31.5 Å². The number of nitrogens with two attached hydrogens (primary N) is 2. The van der Waals surface area contributed by atoms with Gasteiger partial charge in [-0.1, -0.05) is 78.9 Å². The van der Waals surface area contributed by atoms with E-state index in [0.29, 0.717) is 45.5 Å². The fraction of sp³-hybridized carbons (Fsp3) is 0.432. The molecule has 316 valence electrons. The van der Waals surface area contributed by atoms with Gasteiger partial charge in [-0.2, -0.15) is 0 Å². The third kappa shape index (κ3) is 13.5. The molecule has 1 fully saturated rings. The van der Waals surface area contributed by atoms with E-state index in [1.807, 2.05) is 78.9 Å². The molecule has 59 heavy (non-hydrogen) atoms. The maximum atomic E-state index is 14.7. The van der Waals surface area contributed by atoms with Gasteiger partial charge in [0.25, 0.3) is 0 Å². The third-order valence-electron chi connectivity index (χ3n) is 10.7. The Bertz CT molecular complexity index is 1890. The first-order valence-electron chi connectivity index (χ1n) is 20.3. The summed E-state index contributed by atoms with van der Waals surface area (Å²) < 4.78 is 5.37. The van der Waals surface area contributed by atoms with Gasteiger partial charge in [0, 0.05) is 70.8 Å². The lowest BCUT2D eigenvalue weighted by Crippen LogP contribution is -2.58. The zero-order chi connectivity index (χ0) is 42.0. The number of nitrogens with zero attached hydrogens (tertiary/aromatic N) is 1. The molecule has 0 spiro atoms. The van der Waals surface area contributed by atoms with Crippen LogP contribution in [-0.2, 0) is 61.1 Å². The molecule has 1 unspecified atom stereocenters. The van der Waals surface area contributed by atoms with Gasteiger partial charge in [-0.3, -0.25) is 29.3 Å². The summed E-state index contributed by atoms with van der Waals surface area (Å²) in [5.74, 6) is -2.12. The van der Waals surface area contributed by atoms with Gasteiger partial charge in [-0.15, -0.1) is 0 Å². The Balaban J connectivity index is 1.45. The number of hydrogen-bond donors (Lipinski definition) is 8. The molecule has 15 heteroatoms. The molecule has 0 radical (unpaired) electrons. The van der Waals surface area contributed by atoms with Gasteiger partial charge in [0.2, 0.25) is 29.5 Å². The predicted octanol–water partition coefficient (Wildman–Crippen LogP) is 0.327. The van der Waals surface area contributed by atoms with Crippen LogP contribution in [-0.4, -0.2) is 104 Å². The number of rotatable bonds is 11. The molecule has 3 aromatic rings. The Labute approximate surface area is 345 Å². The number of carbonyl (C=O) groups excluding carboxylic acids is 5. The van der Waals surface area contributed by atoms with Crippen LogP contribution >= 0.6 is 0 Å². The number of fused-ring (bicyclic) bond motifs is 3. The van der Waals surface area contributed by atoms with Crippen molar-refractivity contribution in [3.05, 3.63) is 119 Å². The Morgan fingerprint density at radius 3 is 2.36 bits per heavy atom. The largest absolute Gasteiger partial charge is 0.378 e. The smallest absolute Gasteiger partial charge is 0.246 e. The van der Waals surface area contributed by atoms with Crippen molar-refractivity contribution in [1.29, 1.82) is 0 Å². The van der Waals surface area contributed by atoms with Crippen molar-refractivity contribution in [3.63, 3.8) is 0 Å². The second kappa shape index (κ2) is 22.6. The Hall–Kier alpha value is -5.45. The van der Waals surface area contributed by atoms with Gasteiger partial charge >= 0.3 is 0 Å². The van der Waals surface area contributed by atoms with E-state index in [-0.39, 0.29) is 58.0 Å². The average Bonchev–Trinajstić information content (AvgIpc) is 3.24. The SMILES string of the molecule is NCCOCCNC(=O)[C@@H]1CCNC(=O)/C=C/C(=O)N2CCC[C@](Cc3ccccc3)(C2)C(=O)N[C@@H](Cc2ccc(CN)cc2)C(=O)NCc2ccccc2CC(O)N1. The lowest BCUT2D eigenvalue weighted by molar-refractivity contribution is -0.141. The molecule has 5 amide bonds. The van der Waals surface area contributed by atoms with Gasteiger partial charge < -0.3 is 47.5 Å². The van der Waals surface area contributed by atoms with Gasteiger partial charge in [0.15, 0.2) is 0 Å². The highest BCUT2D eigenvalue weighted by atomic mass is 16.5. The number of hydrogen-bond acceptors (Lipinski definition) is 10.